The second-order valence-electron chi connectivity index (χ2n) is 5.29. The highest BCUT2D eigenvalue weighted by Gasteiger charge is 2.38. The van der Waals surface area contributed by atoms with Crippen LogP contribution in [0.25, 0.3) is 0 Å². The highest BCUT2D eigenvalue weighted by atomic mass is 14.9. The standard InChI is InChI=1S/C15H23N/c1-4-16-11-15(6-5-7-15)14-9-12(2)8-13(3)10-14/h8-10,16H,4-7,11H2,1-3H3. The van der Waals surface area contributed by atoms with Gasteiger partial charge in [0, 0.05) is 12.0 Å². The van der Waals surface area contributed by atoms with E-state index in [-0.39, 0.29) is 0 Å². The van der Waals surface area contributed by atoms with Gasteiger partial charge in [-0.05, 0) is 38.8 Å². The van der Waals surface area contributed by atoms with Crippen molar-refractivity contribution in [1.29, 1.82) is 0 Å². The fourth-order valence-corrected chi connectivity index (χ4v) is 2.82. The number of aryl methyl sites for hydroxylation is 2. The molecule has 1 N–H and O–H groups in total. The summed E-state index contributed by atoms with van der Waals surface area (Å²) in [6.45, 7) is 8.82. The van der Waals surface area contributed by atoms with Gasteiger partial charge in [0.2, 0.25) is 0 Å². The second kappa shape index (κ2) is 4.58. The Hall–Kier alpha value is -0.820. The molecule has 16 heavy (non-hydrogen) atoms. The van der Waals surface area contributed by atoms with Crippen LogP contribution in [-0.4, -0.2) is 13.1 Å². The maximum absolute atomic E-state index is 3.53. The molecule has 0 aliphatic heterocycles. The van der Waals surface area contributed by atoms with E-state index < -0.39 is 0 Å². The SMILES string of the molecule is CCNCC1(c2cc(C)cc(C)c2)CCC1. The van der Waals surface area contributed by atoms with Crippen LogP contribution in [0.2, 0.25) is 0 Å². The maximum Gasteiger partial charge on any atom is 0.00779 e. The van der Waals surface area contributed by atoms with Crippen LogP contribution in [0.1, 0.15) is 42.9 Å². The van der Waals surface area contributed by atoms with Gasteiger partial charge in [-0.3, -0.25) is 0 Å². The first-order chi connectivity index (χ1) is 7.66. The van der Waals surface area contributed by atoms with Crippen molar-refractivity contribution in [3.05, 3.63) is 34.9 Å². The first-order valence-electron chi connectivity index (χ1n) is 6.46. The van der Waals surface area contributed by atoms with Crippen molar-refractivity contribution in [2.45, 2.75) is 45.4 Å². The summed E-state index contributed by atoms with van der Waals surface area (Å²) in [4.78, 5) is 0. The molecular formula is C15H23N. The Kier molecular flexibility index (Phi) is 3.34. The van der Waals surface area contributed by atoms with E-state index in [4.69, 9.17) is 0 Å². The van der Waals surface area contributed by atoms with Crippen molar-refractivity contribution in [2.24, 2.45) is 0 Å². The number of rotatable bonds is 4. The minimum atomic E-state index is 0.437. The van der Waals surface area contributed by atoms with E-state index >= 15 is 0 Å². The molecule has 1 aliphatic carbocycles. The van der Waals surface area contributed by atoms with Gasteiger partial charge in [0.1, 0.15) is 0 Å². The molecule has 1 fully saturated rings. The predicted octanol–water partition coefficient (Wildman–Crippen LogP) is 3.33. The normalized spacial score (nSPS) is 18.2. The Bertz CT molecular complexity index is 343. The summed E-state index contributed by atoms with van der Waals surface area (Å²) in [6.07, 6.45) is 4.09. The van der Waals surface area contributed by atoms with Gasteiger partial charge in [0.25, 0.3) is 0 Å². The lowest BCUT2D eigenvalue weighted by atomic mass is 9.64. The average Bonchev–Trinajstić information content (AvgIpc) is 2.14. The molecule has 0 unspecified atom stereocenters. The molecule has 0 amide bonds. The first kappa shape index (κ1) is 11.7. The highest BCUT2D eigenvalue weighted by Crippen LogP contribution is 2.43. The van der Waals surface area contributed by atoms with Gasteiger partial charge in [-0.15, -0.1) is 0 Å². The van der Waals surface area contributed by atoms with E-state index in [0.29, 0.717) is 5.41 Å². The average molecular weight is 217 g/mol. The lowest BCUT2D eigenvalue weighted by Crippen LogP contribution is -2.43. The Morgan fingerprint density at radius 2 is 1.75 bits per heavy atom. The van der Waals surface area contributed by atoms with E-state index in [9.17, 15) is 0 Å². The minimum absolute atomic E-state index is 0.437. The lowest BCUT2D eigenvalue weighted by molar-refractivity contribution is 0.235. The summed E-state index contributed by atoms with van der Waals surface area (Å²) >= 11 is 0. The topological polar surface area (TPSA) is 12.0 Å². The quantitative estimate of drug-likeness (QED) is 0.815. The number of hydrogen-bond donors (Lipinski definition) is 1. The Balaban J connectivity index is 2.25. The molecule has 1 aliphatic rings. The van der Waals surface area contributed by atoms with Crippen LogP contribution in [0.3, 0.4) is 0 Å². The molecule has 1 aromatic carbocycles. The zero-order valence-corrected chi connectivity index (χ0v) is 10.8. The molecule has 1 nitrogen and oxygen atoms in total. The molecule has 0 aromatic heterocycles. The Labute approximate surface area is 99.3 Å². The molecule has 1 heteroatoms. The third kappa shape index (κ3) is 2.15. The summed E-state index contributed by atoms with van der Waals surface area (Å²) in [7, 11) is 0. The van der Waals surface area contributed by atoms with Crippen LogP contribution in [0.15, 0.2) is 18.2 Å². The zero-order chi connectivity index (χ0) is 11.6. The van der Waals surface area contributed by atoms with Crippen LogP contribution >= 0.6 is 0 Å². The molecule has 0 radical (unpaired) electrons. The van der Waals surface area contributed by atoms with E-state index in [1.807, 2.05) is 0 Å². The molecule has 0 bridgehead atoms. The van der Waals surface area contributed by atoms with Crippen LogP contribution in [0, 0.1) is 13.8 Å². The molecule has 0 heterocycles. The molecule has 0 spiro atoms. The molecule has 0 atom stereocenters. The zero-order valence-electron chi connectivity index (χ0n) is 10.8. The minimum Gasteiger partial charge on any atom is -0.316 e. The second-order valence-corrected chi connectivity index (χ2v) is 5.29. The van der Waals surface area contributed by atoms with Gasteiger partial charge < -0.3 is 5.32 Å². The van der Waals surface area contributed by atoms with Crippen molar-refractivity contribution in [2.75, 3.05) is 13.1 Å². The van der Waals surface area contributed by atoms with Crippen LogP contribution in [0.5, 0.6) is 0 Å². The molecule has 0 saturated heterocycles. The monoisotopic (exact) mass is 217 g/mol. The van der Waals surface area contributed by atoms with Gasteiger partial charge in [0.05, 0.1) is 0 Å². The van der Waals surface area contributed by atoms with Crippen molar-refractivity contribution in [3.63, 3.8) is 0 Å². The highest BCUT2D eigenvalue weighted by molar-refractivity contribution is 5.36. The Morgan fingerprint density at radius 3 is 2.19 bits per heavy atom. The number of benzene rings is 1. The molecular weight excluding hydrogens is 194 g/mol. The fourth-order valence-electron chi connectivity index (χ4n) is 2.82. The van der Waals surface area contributed by atoms with Gasteiger partial charge in [-0.2, -0.15) is 0 Å². The number of hydrogen-bond acceptors (Lipinski definition) is 1. The molecule has 1 aromatic rings. The third-order valence-electron chi connectivity index (χ3n) is 3.86. The largest absolute Gasteiger partial charge is 0.316 e. The third-order valence-corrected chi connectivity index (χ3v) is 3.86. The van der Waals surface area contributed by atoms with Crippen LogP contribution in [0.4, 0.5) is 0 Å². The van der Waals surface area contributed by atoms with E-state index in [0.717, 1.165) is 13.1 Å². The molecule has 88 valence electrons. The van der Waals surface area contributed by atoms with Crippen molar-refractivity contribution < 1.29 is 0 Å². The summed E-state index contributed by atoms with van der Waals surface area (Å²) in [5, 5.41) is 3.53. The van der Waals surface area contributed by atoms with Gasteiger partial charge in [-0.25, -0.2) is 0 Å². The summed E-state index contributed by atoms with van der Waals surface area (Å²) in [5.74, 6) is 0. The van der Waals surface area contributed by atoms with E-state index in [1.54, 1.807) is 5.56 Å². The summed E-state index contributed by atoms with van der Waals surface area (Å²) < 4.78 is 0. The summed E-state index contributed by atoms with van der Waals surface area (Å²) in [6, 6.07) is 7.02. The van der Waals surface area contributed by atoms with Crippen molar-refractivity contribution >= 4 is 0 Å². The predicted molar refractivity (Wildman–Crippen MR) is 70.0 cm³/mol. The van der Waals surface area contributed by atoms with Gasteiger partial charge in [0.15, 0.2) is 0 Å². The molecule has 1 saturated carbocycles. The number of nitrogens with one attached hydrogen (secondary N) is 1. The summed E-state index contributed by atoms with van der Waals surface area (Å²) in [5.41, 5.74) is 4.79. The van der Waals surface area contributed by atoms with Gasteiger partial charge >= 0.3 is 0 Å². The fraction of sp³-hybridized carbons (Fsp3) is 0.600. The maximum atomic E-state index is 3.53. The first-order valence-corrected chi connectivity index (χ1v) is 6.46. The molecule has 2 rings (SSSR count). The van der Waals surface area contributed by atoms with E-state index in [2.05, 4.69) is 44.3 Å². The van der Waals surface area contributed by atoms with E-state index in [1.165, 1.54) is 30.4 Å². The Morgan fingerprint density at radius 1 is 1.12 bits per heavy atom. The van der Waals surface area contributed by atoms with Gasteiger partial charge in [-0.1, -0.05) is 42.7 Å². The van der Waals surface area contributed by atoms with Crippen LogP contribution < -0.4 is 5.32 Å². The van der Waals surface area contributed by atoms with Crippen molar-refractivity contribution in [3.8, 4) is 0 Å². The van der Waals surface area contributed by atoms with Crippen molar-refractivity contribution in [1.82, 2.24) is 5.32 Å². The lowest BCUT2D eigenvalue weighted by Gasteiger charge is -2.43. The smallest absolute Gasteiger partial charge is 0.00779 e. The number of likely N-dealkylation sites (N-methyl/N-ethyl adjacent to an activating group) is 1. The van der Waals surface area contributed by atoms with Crippen LogP contribution in [-0.2, 0) is 5.41 Å².